The van der Waals surface area contributed by atoms with Crippen LogP contribution in [0.2, 0.25) is 0 Å². The summed E-state index contributed by atoms with van der Waals surface area (Å²) in [6, 6.07) is 9.85. The number of aromatic nitrogens is 1. The molecule has 1 aliphatic heterocycles. The number of benzene rings is 2. The number of carbonyl (C=O) groups is 1. The SMILES string of the molecule is CC(C)Oc1cc2c(cc1N1CCOCC1)C(C)(C)c1[nH]c3cc(C=N)ccc3c1C2=O. The molecule has 0 bridgehead atoms. The second-order valence-electron chi connectivity index (χ2n) is 9.41. The number of rotatable bonds is 4. The maximum Gasteiger partial charge on any atom is 0.195 e. The molecule has 1 saturated heterocycles. The number of hydrogen-bond donors (Lipinski definition) is 2. The van der Waals surface area contributed by atoms with E-state index in [1.54, 1.807) is 0 Å². The molecule has 6 nitrogen and oxygen atoms in total. The van der Waals surface area contributed by atoms with Crippen LogP contribution in [-0.4, -0.2) is 49.4 Å². The summed E-state index contributed by atoms with van der Waals surface area (Å²) in [5.41, 5.74) is 5.69. The summed E-state index contributed by atoms with van der Waals surface area (Å²) in [7, 11) is 0. The topological polar surface area (TPSA) is 78.4 Å². The van der Waals surface area contributed by atoms with Crippen LogP contribution in [0.5, 0.6) is 5.75 Å². The smallest absolute Gasteiger partial charge is 0.195 e. The Balaban J connectivity index is 1.72. The van der Waals surface area contributed by atoms with Crippen LogP contribution in [0, 0.1) is 5.41 Å². The largest absolute Gasteiger partial charge is 0.489 e. The van der Waals surface area contributed by atoms with E-state index < -0.39 is 0 Å². The third kappa shape index (κ3) is 3.13. The zero-order valence-corrected chi connectivity index (χ0v) is 19.0. The molecular formula is C26H29N3O3. The minimum absolute atomic E-state index is 0.00253. The van der Waals surface area contributed by atoms with Gasteiger partial charge in [0.05, 0.1) is 30.6 Å². The number of morpholine rings is 1. The lowest BCUT2D eigenvalue weighted by atomic mass is 9.71. The zero-order chi connectivity index (χ0) is 22.6. The molecule has 3 aromatic rings. The number of nitrogens with zero attached hydrogens (tertiary/aromatic N) is 1. The van der Waals surface area contributed by atoms with E-state index in [4.69, 9.17) is 14.9 Å². The molecule has 6 heteroatoms. The summed E-state index contributed by atoms with van der Waals surface area (Å²) in [6.45, 7) is 11.3. The quantitative estimate of drug-likeness (QED) is 0.589. The van der Waals surface area contributed by atoms with Crippen molar-refractivity contribution >= 4 is 28.6 Å². The highest BCUT2D eigenvalue weighted by atomic mass is 16.5. The molecule has 1 aliphatic carbocycles. The van der Waals surface area contributed by atoms with Gasteiger partial charge in [-0.05, 0) is 43.2 Å². The summed E-state index contributed by atoms with van der Waals surface area (Å²) in [6.07, 6.45) is 1.33. The molecule has 0 unspecified atom stereocenters. The first-order valence-corrected chi connectivity index (χ1v) is 11.2. The molecule has 0 saturated carbocycles. The standard InChI is InChI=1S/C26H29N3O3/c1-15(2)32-22-12-18-19(13-21(22)29-7-9-31-10-8-29)26(3,4)25-23(24(18)30)17-6-5-16(14-27)11-20(17)28-25/h5-6,11-15,27-28H,7-10H2,1-4H3. The molecule has 2 aliphatic rings. The third-order valence-corrected chi connectivity index (χ3v) is 6.57. The van der Waals surface area contributed by atoms with Gasteiger partial charge in [-0.3, -0.25) is 4.79 Å². The Hall–Kier alpha value is -3.12. The van der Waals surface area contributed by atoms with E-state index in [2.05, 4.69) is 29.8 Å². The van der Waals surface area contributed by atoms with E-state index in [-0.39, 0.29) is 17.3 Å². The van der Waals surface area contributed by atoms with Crippen molar-refractivity contribution < 1.29 is 14.3 Å². The fourth-order valence-electron chi connectivity index (χ4n) is 4.95. The second-order valence-corrected chi connectivity index (χ2v) is 9.41. The summed E-state index contributed by atoms with van der Waals surface area (Å²) in [5.74, 6) is 0.768. The van der Waals surface area contributed by atoms with E-state index >= 15 is 0 Å². The molecular weight excluding hydrogens is 402 g/mol. The number of H-pyrrole nitrogens is 1. The van der Waals surface area contributed by atoms with Gasteiger partial charge in [0, 0.05) is 46.9 Å². The zero-order valence-electron chi connectivity index (χ0n) is 19.0. The van der Waals surface area contributed by atoms with Crippen LogP contribution in [0.3, 0.4) is 0 Å². The molecule has 2 heterocycles. The van der Waals surface area contributed by atoms with Gasteiger partial charge in [0.25, 0.3) is 0 Å². The van der Waals surface area contributed by atoms with Gasteiger partial charge in [0.1, 0.15) is 5.75 Å². The van der Waals surface area contributed by atoms with Gasteiger partial charge in [-0.15, -0.1) is 0 Å². The first-order valence-electron chi connectivity index (χ1n) is 11.2. The predicted molar refractivity (Wildman–Crippen MR) is 127 cm³/mol. The lowest BCUT2D eigenvalue weighted by molar-refractivity contribution is 0.103. The Kier molecular flexibility index (Phi) is 4.86. The Morgan fingerprint density at radius 3 is 2.62 bits per heavy atom. The summed E-state index contributed by atoms with van der Waals surface area (Å²) < 4.78 is 11.8. The minimum atomic E-state index is -0.389. The summed E-state index contributed by atoms with van der Waals surface area (Å²) in [4.78, 5) is 19.6. The highest BCUT2D eigenvalue weighted by molar-refractivity contribution is 6.20. The van der Waals surface area contributed by atoms with Crippen LogP contribution in [0.1, 0.15) is 60.4 Å². The van der Waals surface area contributed by atoms with Crippen LogP contribution >= 0.6 is 0 Å². The van der Waals surface area contributed by atoms with Crippen molar-refractivity contribution in [1.29, 1.82) is 5.41 Å². The van der Waals surface area contributed by atoms with Gasteiger partial charge < -0.3 is 24.8 Å². The molecule has 1 aromatic heterocycles. The number of fused-ring (bicyclic) bond motifs is 4. The average Bonchev–Trinajstić information content (AvgIpc) is 3.17. The lowest BCUT2D eigenvalue weighted by Crippen LogP contribution is -2.37. The van der Waals surface area contributed by atoms with Crippen molar-refractivity contribution in [2.24, 2.45) is 0 Å². The van der Waals surface area contributed by atoms with Crippen LogP contribution in [-0.2, 0) is 10.2 Å². The second kappa shape index (κ2) is 7.48. The van der Waals surface area contributed by atoms with Gasteiger partial charge in [-0.1, -0.05) is 26.0 Å². The number of aromatic amines is 1. The highest BCUT2D eigenvalue weighted by Crippen LogP contribution is 2.47. The molecule has 0 spiro atoms. The fraction of sp³-hybridized carbons (Fsp3) is 0.385. The van der Waals surface area contributed by atoms with E-state index in [1.165, 1.54) is 6.21 Å². The molecule has 32 heavy (non-hydrogen) atoms. The molecule has 2 aromatic carbocycles. The number of hydrogen-bond acceptors (Lipinski definition) is 5. The van der Waals surface area contributed by atoms with E-state index in [1.807, 2.05) is 38.1 Å². The maximum atomic E-state index is 13.8. The molecule has 0 atom stereocenters. The molecule has 2 N–H and O–H groups in total. The Morgan fingerprint density at radius 2 is 1.94 bits per heavy atom. The number of anilines is 1. The van der Waals surface area contributed by atoms with Crippen molar-refractivity contribution in [2.45, 2.75) is 39.2 Å². The van der Waals surface area contributed by atoms with Gasteiger partial charge in [-0.25, -0.2) is 0 Å². The Bertz CT molecular complexity index is 1230. The molecule has 166 valence electrons. The van der Waals surface area contributed by atoms with Crippen LogP contribution < -0.4 is 9.64 Å². The van der Waals surface area contributed by atoms with Crippen molar-refractivity contribution in [1.82, 2.24) is 4.98 Å². The van der Waals surface area contributed by atoms with Crippen LogP contribution in [0.25, 0.3) is 10.9 Å². The molecule has 0 radical (unpaired) electrons. The van der Waals surface area contributed by atoms with E-state index in [0.717, 1.165) is 57.8 Å². The van der Waals surface area contributed by atoms with Crippen LogP contribution in [0.15, 0.2) is 30.3 Å². The van der Waals surface area contributed by atoms with E-state index in [0.29, 0.717) is 18.8 Å². The van der Waals surface area contributed by atoms with Crippen LogP contribution in [0.4, 0.5) is 5.69 Å². The van der Waals surface area contributed by atoms with Gasteiger partial charge >= 0.3 is 0 Å². The van der Waals surface area contributed by atoms with E-state index in [9.17, 15) is 4.79 Å². The first-order chi connectivity index (χ1) is 15.3. The fourth-order valence-corrected chi connectivity index (χ4v) is 4.95. The molecule has 0 amide bonds. The lowest BCUT2D eigenvalue weighted by Gasteiger charge is -2.36. The average molecular weight is 432 g/mol. The number of carbonyl (C=O) groups excluding carboxylic acids is 1. The number of ketones is 1. The Morgan fingerprint density at radius 1 is 1.19 bits per heavy atom. The molecule has 5 rings (SSSR count). The molecule has 1 fully saturated rings. The predicted octanol–water partition coefficient (Wildman–Crippen LogP) is 4.66. The van der Waals surface area contributed by atoms with Gasteiger partial charge in [-0.2, -0.15) is 0 Å². The Labute approximate surface area is 188 Å². The minimum Gasteiger partial charge on any atom is -0.489 e. The van der Waals surface area contributed by atoms with Gasteiger partial charge in [0.2, 0.25) is 0 Å². The third-order valence-electron chi connectivity index (χ3n) is 6.57. The van der Waals surface area contributed by atoms with Crippen molar-refractivity contribution in [3.05, 3.63) is 58.3 Å². The monoisotopic (exact) mass is 431 g/mol. The van der Waals surface area contributed by atoms with Crippen molar-refractivity contribution in [3.8, 4) is 5.75 Å². The number of ether oxygens (including phenoxy) is 2. The maximum absolute atomic E-state index is 13.8. The van der Waals surface area contributed by atoms with Gasteiger partial charge in [0.15, 0.2) is 5.78 Å². The highest BCUT2D eigenvalue weighted by Gasteiger charge is 2.41. The summed E-state index contributed by atoms with van der Waals surface area (Å²) >= 11 is 0. The summed E-state index contributed by atoms with van der Waals surface area (Å²) in [5, 5.41) is 8.47. The van der Waals surface area contributed by atoms with Crippen molar-refractivity contribution in [3.63, 3.8) is 0 Å². The first kappa shape index (κ1) is 20.8. The van der Waals surface area contributed by atoms with Crippen molar-refractivity contribution in [2.75, 3.05) is 31.2 Å². The normalized spacial score (nSPS) is 17.4. The number of nitrogens with one attached hydrogen (secondary N) is 2.